The van der Waals surface area contributed by atoms with Crippen molar-refractivity contribution in [1.29, 1.82) is 0 Å². The summed E-state index contributed by atoms with van der Waals surface area (Å²) in [6, 6.07) is 13.6. The SMILES string of the molecule is O=C(Nc1cccc(Cl)c1)c1ccc(CS(=O)(=O)N2CCCCC2)cc1. The molecule has 2 aromatic carbocycles. The van der Waals surface area contributed by atoms with Gasteiger partial charge in [-0.3, -0.25) is 4.79 Å². The van der Waals surface area contributed by atoms with Gasteiger partial charge in [0.25, 0.3) is 5.91 Å². The number of halogens is 1. The van der Waals surface area contributed by atoms with Gasteiger partial charge in [0.15, 0.2) is 0 Å². The quantitative estimate of drug-likeness (QED) is 0.838. The van der Waals surface area contributed by atoms with Gasteiger partial charge < -0.3 is 5.32 Å². The summed E-state index contributed by atoms with van der Waals surface area (Å²) in [5.41, 5.74) is 1.75. The van der Waals surface area contributed by atoms with Gasteiger partial charge in [-0.15, -0.1) is 0 Å². The molecule has 7 heteroatoms. The van der Waals surface area contributed by atoms with Crippen LogP contribution in [-0.2, 0) is 15.8 Å². The maximum absolute atomic E-state index is 12.5. The summed E-state index contributed by atoms with van der Waals surface area (Å²) in [6.07, 6.45) is 2.92. The first-order chi connectivity index (χ1) is 12.4. The Hall–Kier alpha value is -1.89. The van der Waals surface area contributed by atoms with Crippen LogP contribution in [0.4, 0.5) is 5.69 Å². The number of hydrogen-bond acceptors (Lipinski definition) is 3. The second kappa shape index (κ2) is 8.20. The monoisotopic (exact) mass is 392 g/mol. The molecule has 0 atom stereocenters. The van der Waals surface area contributed by atoms with Crippen LogP contribution in [0.2, 0.25) is 5.02 Å². The number of rotatable bonds is 5. The Bertz CT molecular complexity index is 876. The molecule has 1 N–H and O–H groups in total. The number of sulfonamides is 1. The number of benzene rings is 2. The van der Waals surface area contributed by atoms with E-state index in [-0.39, 0.29) is 11.7 Å². The highest BCUT2D eigenvalue weighted by Crippen LogP contribution is 2.19. The Morgan fingerprint density at radius 2 is 1.73 bits per heavy atom. The molecule has 0 saturated carbocycles. The average Bonchev–Trinajstić information content (AvgIpc) is 2.63. The van der Waals surface area contributed by atoms with Gasteiger partial charge in [0.2, 0.25) is 10.0 Å². The van der Waals surface area contributed by atoms with Gasteiger partial charge in [0.05, 0.1) is 5.75 Å². The van der Waals surface area contributed by atoms with Gasteiger partial charge in [-0.1, -0.05) is 36.2 Å². The second-order valence-corrected chi connectivity index (χ2v) is 8.78. The van der Waals surface area contributed by atoms with Gasteiger partial charge in [-0.2, -0.15) is 0 Å². The highest BCUT2D eigenvalue weighted by atomic mass is 35.5. The van der Waals surface area contributed by atoms with E-state index in [0.29, 0.717) is 34.9 Å². The molecule has 1 heterocycles. The number of carbonyl (C=O) groups excluding carboxylic acids is 1. The summed E-state index contributed by atoms with van der Waals surface area (Å²) in [5, 5.41) is 3.31. The predicted molar refractivity (Wildman–Crippen MR) is 104 cm³/mol. The third-order valence-corrected chi connectivity index (χ3v) is 6.44. The number of nitrogens with zero attached hydrogens (tertiary/aromatic N) is 1. The van der Waals surface area contributed by atoms with Crippen molar-refractivity contribution in [1.82, 2.24) is 4.31 Å². The number of anilines is 1. The van der Waals surface area contributed by atoms with Gasteiger partial charge in [-0.05, 0) is 48.7 Å². The summed E-state index contributed by atoms with van der Waals surface area (Å²) in [6.45, 7) is 1.20. The number of piperidine rings is 1. The Morgan fingerprint density at radius 1 is 1.04 bits per heavy atom. The molecule has 0 aromatic heterocycles. The molecule has 0 unspecified atom stereocenters. The summed E-state index contributed by atoms with van der Waals surface area (Å²) in [4.78, 5) is 12.3. The number of carbonyl (C=O) groups is 1. The molecule has 3 rings (SSSR count). The van der Waals surface area contributed by atoms with Crippen molar-refractivity contribution in [3.63, 3.8) is 0 Å². The molecule has 2 aromatic rings. The average molecular weight is 393 g/mol. The van der Waals surface area contributed by atoms with E-state index in [2.05, 4.69) is 5.32 Å². The zero-order valence-electron chi connectivity index (χ0n) is 14.3. The summed E-state index contributed by atoms with van der Waals surface area (Å²) >= 11 is 5.91. The Labute approximate surface area is 159 Å². The summed E-state index contributed by atoms with van der Waals surface area (Å²) in [7, 11) is -3.30. The molecule has 1 saturated heterocycles. The van der Waals surface area contributed by atoms with E-state index in [0.717, 1.165) is 19.3 Å². The Morgan fingerprint density at radius 3 is 2.38 bits per heavy atom. The number of hydrogen-bond donors (Lipinski definition) is 1. The molecular formula is C19H21ClN2O3S. The molecule has 0 bridgehead atoms. The van der Waals surface area contributed by atoms with Crippen LogP contribution in [0.3, 0.4) is 0 Å². The molecule has 1 aliphatic heterocycles. The molecular weight excluding hydrogens is 372 g/mol. The van der Waals surface area contributed by atoms with Crippen LogP contribution in [0, 0.1) is 0 Å². The number of amides is 1. The maximum atomic E-state index is 12.5. The van der Waals surface area contributed by atoms with Gasteiger partial charge in [0.1, 0.15) is 0 Å². The molecule has 138 valence electrons. The third-order valence-electron chi connectivity index (χ3n) is 4.36. The predicted octanol–water partition coefficient (Wildman–Crippen LogP) is 3.91. The first kappa shape index (κ1) is 18.9. The van der Waals surface area contributed by atoms with Crippen LogP contribution >= 0.6 is 11.6 Å². The lowest BCUT2D eigenvalue weighted by Crippen LogP contribution is -2.36. The van der Waals surface area contributed by atoms with E-state index in [1.165, 1.54) is 0 Å². The van der Waals surface area contributed by atoms with E-state index < -0.39 is 10.0 Å². The maximum Gasteiger partial charge on any atom is 0.255 e. The lowest BCUT2D eigenvalue weighted by molar-refractivity contribution is 0.102. The van der Waals surface area contributed by atoms with Crippen LogP contribution < -0.4 is 5.32 Å². The third kappa shape index (κ3) is 4.84. The largest absolute Gasteiger partial charge is 0.322 e. The molecule has 1 fully saturated rings. The van der Waals surface area contributed by atoms with Gasteiger partial charge in [0, 0.05) is 29.4 Å². The fourth-order valence-electron chi connectivity index (χ4n) is 2.97. The van der Waals surface area contributed by atoms with E-state index >= 15 is 0 Å². The lowest BCUT2D eigenvalue weighted by atomic mass is 10.1. The number of nitrogens with one attached hydrogen (secondary N) is 1. The Kier molecular flexibility index (Phi) is 5.96. The van der Waals surface area contributed by atoms with Crippen LogP contribution in [0.15, 0.2) is 48.5 Å². The minimum atomic E-state index is -3.30. The second-order valence-electron chi connectivity index (χ2n) is 6.38. The van der Waals surface area contributed by atoms with E-state index in [4.69, 9.17) is 11.6 Å². The van der Waals surface area contributed by atoms with Crippen molar-refractivity contribution in [3.05, 3.63) is 64.7 Å². The van der Waals surface area contributed by atoms with E-state index in [9.17, 15) is 13.2 Å². The van der Waals surface area contributed by atoms with Crippen molar-refractivity contribution in [3.8, 4) is 0 Å². The Balaban J connectivity index is 1.65. The molecule has 0 spiro atoms. The molecule has 26 heavy (non-hydrogen) atoms. The smallest absolute Gasteiger partial charge is 0.255 e. The van der Waals surface area contributed by atoms with Crippen LogP contribution in [0.1, 0.15) is 35.2 Å². The lowest BCUT2D eigenvalue weighted by Gasteiger charge is -2.25. The molecule has 5 nitrogen and oxygen atoms in total. The van der Waals surface area contributed by atoms with Crippen molar-refractivity contribution < 1.29 is 13.2 Å². The normalized spacial score (nSPS) is 15.6. The fraction of sp³-hybridized carbons (Fsp3) is 0.316. The van der Waals surface area contributed by atoms with Gasteiger partial charge in [-0.25, -0.2) is 12.7 Å². The van der Waals surface area contributed by atoms with E-state index in [1.54, 1.807) is 52.8 Å². The highest BCUT2D eigenvalue weighted by molar-refractivity contribution is 7.88. The van der Waals surface area contributed by atoms with Crippen molar-refractivity contribution in [2.45, 2.75) is 25.0 Å². The van der Waals surface area contributed by atoms with Crippen LogP contribution in [0.5, 0.6) is 0 Å². The minimum Gasteiger partial charge on any atom is -0.322 e. The van der Waals surface area contributed by atoms with Crippen molar-refractivity contribution in [2.24, 2.45) is 0 Å². The van der Waals surface area contributed by atoms with Crippen molar-refractivity contribution >= 4 is 33.2 Å². The van der Waals surface area contributed by atoms with Gasteiger partial charge >= 0.3 is 0 Å². The summed E-state index contributed by atoms with van der Waals surface area (Å²) in [5.74, 6) is -0.305. The zero-order chi connectivity index (χ0) is 18.6. The van der Waals surface area contributed by atoms with Crippen LogP contribution in [0.25, 0.3) is 0 Å². The van der Waals surface area contributed by atoms with Crippen LogP contribution in [-0.4, -0.2) is 31.7 Å². The minimum absolute atomic E-state index is 0.0385. The first-order valence-corrected chi connectivity index (χ1v) is 10.6. The molecule has 1 aliphatic rings. The zero-order valence-corrected chi connectivity index (χ0v) is 15.9. The van der Waals surface area contributed by atoms with E-state index in [1.807, 2.05) is 0 Å². The topological polar surface area (TPSA) is 66.5 Å². The molecule has 0 radical (unpaired) electrons. The first-order valence-electron chi connectivity index (χ1n) is 8.58. The molecule has 1 amide bonds. The molecule has 0 aliphatic carbocycles. The highest BCUT2D eigenvalue weighted by Gasteiger charge is 2.24. The summed E-state index contributed by atoms with van der Waals surface area (Å²) < 4.78 is 26.5. The standard InChI is InChI=1S/C19H21ClN2O3S/c20-17-5-4-6-18(13-17)21-19(23)16-9-7-15(8-10-16)14-26(24,25)22-11-2-1-3-12-22/h4-10,13H,1-3,11-12,14H2,(H,21,23). The van der Waals surface area contributed by atoms with Crippen molar-refractivity contribution in [2.75, 3.05) is 18.4 Å². The fourth-order valence-corrected chi connectivity index (χ4v) is 4.77.